The Kier molecular flexibility index (Phi) is 13.3. The zero-order valence-electron chi connectivity index (χ0n) is 30.4. The molecule has 2 nitrogen and oxygen atoms in total. The summed E-state index contributed by atoms with van der Waals surface area (Å²) in [6, 6.07) is 61.8. The van der Waals surface area contributed by atoms with Crippen LogP contribution in [-0.4, -0.2) is 15.2 Å². The number of halogens is 9. The molecular weight excluding hydrogens is 808 g/mol. The molecule has 0 fully saturated rings. The third-order valence-electron chi connectivity index (χ3n) is 9.39. The molecule has 0 unspecified atom stereocenters. The number of anilines is 1. The number of benzene rings is 6. The molecule has 6 aromatic rings. The second-order valence-corrected chi connectivity index (χ2v) is 17.1. The van der Waals surface area contributed by atoms with Gasteiger partial charge in [0.05, 0.1) is 0 Å². The molecule has 1 aliphatic rings. The normalized spacial score (nSPS) is 17.6. The first-order chi connectivity index (χ1) is 26.4. The molecule has 0 amide bonds. The number of hydrogen-bond acceptors (Lipinski definition) is 1. The van der Waals surface area contributed by atoms with Crippen LogP contribution in [0.1, 0.15) is 71.1 Å². The van der Waals surface area contributed by atoms with E-state index in [2.05, 4.69) is 200 Å². The van der Waals surface area contributed by atoms with Gasteiger partial charge in [0, 0.05) is 34.1 Å². The van der Waals surface area contributed by atoms with Gasteiger partial charge in [0.2, 0.25) is 6.34 Å². The molecule has 294 valence electrons. The molecular formula is C44H40Cl3F6N2P. The minimum atomic E-state index is -10.7. The fourth-order valence-electron chi connectivity index (χ4n) is 7.01. The van der Waals surface area contributed by atoms with E-state index in [-0.39, 0.29) is 23.9 Å². The molecule has 0 aromatic heterocycles. The topological polar surface area (TPSA) is 6.25 Å². The number of hydrogen-bond donors (Lipinski definition) is 0. The van der Waals surface area contributed by atoms with Crippen LogP contribution in [0.5, 0.6) is 0 Å². The molecule has 12 heteroatoms. The average Bonchev–Trinajstić information content (AvgIpc) is 3.58. The Bertz CT molecular complexity index is 2180. The molecule has 1 aliphatic heterocycles. The van der Waals surface area contributed by atoms with Crippen molar-refractivity contribution in [3.63, 3.8) is 0 Å². The third kappa shape index (κ3) is 12.3. The second kappa shape index (κ2) is 17.4. The van der Waals surface area contributed by atoms with Crippen LogP contribution in [0.15, 0.2) is 170 Å². The summed E-state index contributed by atoms with van der Waals surface area (Å²) < 4.78 is 61.0. The Hall–Kier alpha value is -4.33. The molecule has 4 atom stereocenters. The van der Waals surface area contributed by atoms with E-state index in [4.69, 9.17) is 34.8 Å². The molecule has 7 rings (SSSR count). The van der Waals surface area contributed by atoms with Crippen LogP contribution in [0.3, 0.4) is 0 Å². The summed E-state index contributed by atoms with van der Waals surface area (Å²) in [5, 5.41) is 0. The molecule has 0 aliphatic carbocycles. The summed E-state index contributed by atoms with van der Waals surface area (Å²) in [5.74, 6) is 0.476. The molecule has 0 radical (unpaired) electrons. The summed E-state index contributed by atoms with van der Waals surface area (Å²) in [6.07, 6.45) is 2.38. The van der Waals surface area contributed by atoms with Crippen molar-refractivity contribution in [1.82, 2.24) is 0 Å². The van der Waals surface area contributed by atoms with Gasteiger partial charge in [0.1, 0.15) is 11.4 Å². The van der Waals surface area contributed by atoms with Crippen molar-refractivity contribution < 1.29 is 29.8 Å². The molecule has 0 N–H and O–H groups in total. The Labute approximate surface area is 338 Å². The minimum absolute atomic E-state index is 0.0535. The Balaban J connectivity index is 0.000000482. The zero-order chi connectivity index (χ0) is 40.6. The first kappa shape index (κ1) is 42.8. The predicted molar refractivity (Wildman–Crippen MR) is 223 cm³/mol. The van der Waals surface area contributed by atoms with Crippen LogP contribution in [0.2, 0.25) is 0 Å². The van der Waals surface area contributed by atoms with Gasteiger partial charge >= 0.3 is 33.0 Å². The summed E-state index contributed by atoms with van der Waals surface area (Å²) in [6.45, 7) is 4.65. The van der Waals surface area contributed by atoms with Crippen LogP contribution in [0, 0.1) is 0 Å². The van der Waals surface area contributed by atoms with E-state index in [1.807, 2.05) is 0 Å². The quantitative estimate of drug-likeness (QED) is 0.0640. The third-order valence-corrected chi connectivity index (χ3v) is 9.39. The van der Waals surface area contributed by atoms with Gasteiger partial charge in [-0.3, -0.25) is 0 Å². The summed E-state index contributed by atoms with van der Waals surface area (Å²) in [5.41, 5.74) is 10.3. The Morgan fingerprint density at radius 1 is 0.500 bits per heavy atom. The van der Waals surface area contributed by atoms with E-state index in [1.165, 1.54) is 44.8 Å². The van der Waals surface area contributed by atoms with Gasteiger partial charge in [-0.1, -0.05) is 206 Å². The van der Waals surface area contributed by atoms with Gasteiger partial charge in [0.15, 0.2) is 16.4 Å². The average molecular weight is 848 g/mol. The van der Waals surface area contributed by atoms with Crippen LogP contribution >= 0.6 is 42.6 Å². The molecule has 0 spiro atoms. The molecule has 6 aromatic carbocycles. The van der Waals surface area contributed by atoms with Crippen LogP contribution in [0.4, 0.5) is 36.6 Å². The van der Waals surface area contributed by atoms with Crippen LogP contribution in [-0.2, 0) is 0 Å². The molecule has 0 saturated heterocycles. The summed E-state index contributed by atoms with van der Waals surface area (Å²) >= 11 is 14.4. The fraction of sp³-hybridized carbons (Fsp3) is 0.159. The van der Waals surface area contributed by atoms with Crippen molar-refractivity contribution in [3.05, 3.63) is 203 Å². The van der Waals surface area contributed by atoms with Crippen molar-refractivity contribution in [3.8, 4) is 0 Å². The van der Waals surface area contributed by atoms with Gasteiger partial charge in [0.25, 0.3) is 0 Å². The van der Waals surface area contributed by atoms with Crippen molar-refractivity contribution in [2.45, 2.75) is 42.1 Å². The van der Waals surface area contributed by atoms with Crippen molar-refractivity contribution in [2.24, 2.45) is 0 Å². The fourth-order valence-corrected chi connectivity index (χ4v) is 7.01. The van der Waals surface area contributed by atoms with Gasteiger partial charge in [-0.25, -0.2) is 9.48 Å². The van der Waals surface area contributed by atoms with E-state index in [0.29, 0.717) is 0 Å². The number of nitrogens with zero attached hydrogens (tertiary/aromatic N) is 2. The van der Waals surface area contributed by atoms with E-state index < -0.39 is 12.1 Å². The van der Waals surface area contributed by atoms with Crippen LogP contribution < -0.4 is 4.90 Å². The van der Waals surface area contributed by atoms with Crippen molar-refractivity contribution in [2.75, 3.05) is 4.90 Å². The van der Waals surface area contributed by atoms with E-state index in [9.17, 15) is 25.2 Å². The number of rotatable bonds is 8. The van der Waals surface area contributed by atoms with Crippen molar-refractivity contribution in [1.29, 1.82) is 0 Å². The Morgan fingerprint density at radius 3 is 1.34 bits per heavy atom. The van der Waals surface area contributed by atoms with E-state index >= 15 is 0 Å². The zero-order valence-corrected chi connectivity index (χ0v) is 33.5. The predicted octanol–water partition coefficient (Wildman–Crippen LogP) is 16.0. The summed E-state index contributed by atoms with van der Waals surface area (Å²) in [7, 11) is -10.7. The molecule has 0 bridgehead atoms. The molecule has 1 heterocycles. The van der Waals surface area contributed by atoms with E-state index in [1.54, 1.807) is 0 Å². The second-order valence-electron chi connectivity index (χ2n) is 13.2. The standard InChI is InChI=1S/C43H39N2.CHCl3.F6P/c1-32(34-19-7-3-8-20-34)38-27-15-17-29-40(38)44-31-45(41-30-18-16-28-39(41)33(2)35-21-9-4-10-22-35)43(37-25-13-6-14-26-37)42(44)36-23-11-5-12-24-36;2-1(3)4;1-7(2,3,4,5)6/h3-33,42-43H,1-2H3;1H;/q+1;;-1/t32-,33-,42+,43+;;/m1../s1. The maximum atomic E-state index is 9.87. The van der Waals surface area contributed by atoms with Gasteiger partial charge in [-0.2, -0.15) is 0 Å². The van der Waals surface area contributed by atoms with Crippen LogP contribution in [0.25, 0.3) is 0 Å². The molecule has 0 saturated carbocycles. The van der Waals surface area contributed by atoms with E-state index in [0.717, 1.165) is 0 Å². The monoisotopic (exact) mass is 846 g/mol. The van der Waals surface area contributed by atoms with Gasteiger partial charge in [-0.05, 0) is 23.3 Å². The first-order valence-corrected chi connectivity index (χ1v) is 21.0. The first-order valence-electron chi connectivity index (χ1n) is 17.7. The number of para-hydroxylation sites is 2. The van der Waals surface area contributed by atoms with Crippen molar-refractivity contribution >= 4 is 60.3 Å². The SMILES string of the molecule is C[C@H](c1ccccc1)c1ccccc1N1C=[N+](c2ccccc2[C@H](C)c2ccccc2)[C@@H](c2ccccc2)[C@@H]1c1ccccc1.ClC(Cl)Cl.F[P-](F)(F)(F)(F)F. The summed E-state index contributed by atoms with van der Waals surface area (Å²) in [4.78, 5) is 2.53. The Morgan fingerprint density at radius 2 is 0.857 bits per heavy atom. The maximum absolute atomic E-state index is 10.7. The molecule has 56 heavy (non-hydrogen) atoms. The van der Waals surface area contributed by atoms with Gasteiger partial charge < -0.3 is 0 Å². The number of alkyl halides is 3. The van der Waals surface area contributed by atoms with Gasteiger partial charge in [-0.15, -0.1) is 0 Å².